The summed E-state index contributed by atoms with van der Waals surface area (Å²) in [6.45, 7) is 1.84. The van der Waals surface area contributed by atoms with Gasteiger partial charge >= 0.3 is 0 Å². The summed E-state index contributed by atoms with van der Waals surface area (Å²) >= 11 is 5.90. The van der Waals surface area contributed by atoms with Crippen molar-refractivity contribution in [3.8, 4) is 11.4 Å². The lowest BCUT2D eigenvalue weighted by Gasteiger charge is -2.09. The summed E-state index contributed by atoms with van der Waals surface area (Å²) in [6.07, 6.45) is 1.37. The number of anilines is 3. The summed E-state index contributed by atoms with van der Waals surface area (Å²) in [7, 11) is 0. The number of aryl methyl sites for hydroxylation is 1. The number of nitrogens with zero attached hydrogens (tertiary/aromatic N) is 4. The molecule has 3 N–H and O–H groups in total. The fourth-order valence-electron chi connectivity index (χ4n) is 2.75. The first-order chi connectivity index (χ1) is 12.5. The number of fused-ring (bicyclic) bond motifs is 1. The topological polar surface area (TPSA) is 81.1 Å². The van der Waals surface area contributed by atoms with Crippen molar-refractivity contribution in [3.05, 3.63) is 65.2 Å². The molecular weight excluding hydrogens is 355 g/mol. The zero-order valence-electron chi connectivity index (χ0n) is 13.7. The van der Waals surface area contributed by atoms with E-state index in [0.29, 0.717) is 33.7 Å². The Bertz CT molecular complexity index is 1110. The van der Waals surface area contributed by atoms with E-state index in [4.69, 9.17) is 17.3 Å². The minimum atomic E-state index is -0.363. The molecule has 1 aromatic carbocycles. The van der Waals surface area contributed by atoms with Crippen LogP contribution in [0.25, 0.3) is 17.0 Å². The number of nitrogen functional groups attached to an aromatic ring is 1. The molecule has 0 fully saturated rings. The number of nitrogens with two attached hydrogens (primary N) is 1. The Hall–Kier alpha value is -3.19. The fraction of sp³-hybridized carbons (Fsp3) is 0.0556. The zero-order valence-corrected chi connectivity index (χ0v) is 14.5. The van der Waals surface area contributed by atoms with Gasteiger partial charge in [-0.3, -0.25) is 4.40 Å². The van der Waals surface area contributed by atoms with E-state index in [0.717, 1.165) is 5.69 Å². The molecule has 4 rings (SSSR count). The molecule has 0 spiro atoms. The summed E-state index contributed by atoms with van der Waals surface area (Å²) in [4.78, 5) is 13.2. The molecule has 0 aliphatic heterocycles. The number of aromatic nitrogens is 4. The van der Waals surface area contributed by atoms with Gasteiger partial charge in [0.05, 0.1) is 17.1 Å². The van der Waals surface area contributed by atoms with E-state index >= 15 is 0 Å². The Morgan fingerprint density at radius 1 is 1.08 bits per heavy atom. The Kier molecular flexibility index (Phi) is 3.93. The van der Waals surface area contributed by atoms with Crippen LogP contribution in [-0.2, 0) is 0 Å². The SMILES string of the molecule is Cc1nc2ccc(F)cn2c1-c1cc(N)nc(Nc2ccc(Cl)cc2)n1. The third kappa shape index (κ3) is 3.04. The predicted octanol–water partition coefficient (Wildman–Crippen LogP) is 4.22. The molecule has 26 heavy (non-hydrogen) atoms. The van der Waals surface area contributed by atoms with E-state index in [1.807, 2.05) is 19.1 Å². The number of hydrogen-bond donors (Lipinski definition) is 2. The number of halogens is 2. The van der Waals surface area contributed by atoms with Gasteiger partial charge in [0.15, 0.2) is 0 Å². The van der Waals surface area contributed by atoms with Crippen LogP contribution in [0, 0.1) is 12.7 Å². The van der Waals surface area contributed by atoms with Crippen LogP contribution in [0.3, 0.4) is 0 Å². The number of pyridine rings is 1. The van der Waals surface area contributed by atoms with Crippen LogP contribution in [0.4, 0.5) is 21.8 Å². The predicted molar refractivity (Wildman–Crippen MR) is 100 cm³/mol. The van der Waals surface area contributed by atoms with E-state index in [-0.39, 0.29) is 11.6 Å². The summed E-state index contributed by atoms with van der Waals surface area (Å²) in [5.74, 6) is 0.253. The molecule has 0 atom stereocenters. The molecule has 3 aromatic heterocycles. The van der Waals surface area contributed by atoms with Crippen molar-refractivity contribution in [2.45, 2.75) is 6.92 Å². The molecule has 0 saturated carbocycles. The Morgan fingerprint density at radius 2 is 1.85 bits per heavy atom. The first-order valence-corrected chi connectivity index (χ1v) is 8.19. The van der Waals surface area contributed by atoms with E-state index in [1.54, 1.807) is 28.7 Å². The van der Waals surface area contributed by atoms with Crippen LogP contribution in [0.2, 0.25) is 5.02 Å². The minimum absolute atomic E-state index is 0.289. The average molecular weight is 369 g/mol. The molecular formula is C18H14ClFN6. The van der Waals surface area contributed by atoms with Crippen molar-refractivity contribution < 1.29 is 4.39 Å². The highest BCUT2D eigenvalue weighted by Crippen LogP contribution is 2.26. The number of imidazole rings is 1. The van der Waals surface area contributed by atoms with E-state index in [2.05, 4.69) is 20.3 Å². The molecule has 0 saturated heterocycles. The molecule has 130 valence electrons. The average Bonchev–Trinajstić information content (AvgIpc) is 2.91. The maximum absolute atomic E-state index is 13.7. The van der Waals surface area contributed by atoms with Gasteiger partial charge in [0.25, 0.3) is 0 Å². The molecule has 6 nitrogen and oxygen atoms in total. The monoisotopic (exact) mass is 368 g/mol. The van der Waals surface area contributed by atoms with Crippen LogP contribution < -0.4 is 11.1 Å². The summed E-state index contributed by atoms with van der Waals surface area (Å²) < 4.78 is 15.3. The second-order valence-electron chi connectivity index (χ2n) is 5.75. The highest BCUT2D eigenvalue weighted by Gasteiger charge is 2.15. The third-order valence-corrected chi connectivity index (χ3v) is 4.10. The quantitative estimate of drug-likeness (QED) is 0.566. The standard InChI is InChI=1S/C18H14ClFN6/c1-10-17(26-9-12(20)4-7-16(26)22-10)14-8-15(21)25-18(24-14)23-13-5-2-11(19)3-6-13/h2-9H,1H3,(H3,21,23,24,25). The second-order valence-corrected chi connectivity index (χ2v) is 6.19. The van der Waals surface area contributed by atoms with Crippen molar-refractivity contribution in [3.63, 3.8) is 0 Å². The maximum atomic E-state index is 13.7. The molecule has 0 amide bonds. The van der Waals surface area contributed by atoms with E-state index in [1.165, 1.54) is 12.3 Å². The summed E-state index contributed by atoms with van der Waals surface area (Å²) in [5.41, 5.74) is 9.27. The molecule has 0 unspecified atom stereocenters. The van der Waals surface area contributed by atoms with E-state index in [9.17, 15) is 4.39 Å². The van der Waals surface area contributed by atoms with Gasteiger partial charge in [0, 0.05) is 23.0 Å². The fourth-order valence-corrected chi connectivity index (χ4v) is 2.88. The van der Waals surface area contributed by atoms with Crippen LogP contribution in [-0.4, -0.2) is 19.4 Å². The first-order valence-electron chi connectivity index (χ1n) is 7.81. The highest BCUT2D eigenvalue weighted by molar-refractivity contribution is 6.30. The largest absolute Gasteiger partial charge is 0.384 e. The van der Waals surface area contributed by atoms with Crippen LogP contribution in [0.5, 0.6) is 0 Å². The molecule has 0 radical (unpaired) electrons. The third-order valence-electron chi connectivity index (χ3n) is 3.85. The van der Waals surface area contributed by atoms with Gasteiger partial charge < -0.3 is 11.1 Å². The molecule has 0 aliphatic carbocycles. The van der Waals surface area contributed by atoms with Crippen molar-refractivity contribution in [1.82, 2.24) is 19.4 Å². The van der Waals surface area contributed by atoms with Crippen molar-refractivity contribution >= 4 is 34.7 Å². The number of hydrogen-bond acceptors (Lipinski definition) is 5. The lowest BCUT2D eigenvalue weighted by molar-refractivity contribution is 0.619. The van der Waals surface area contributed by atoms with Crippen LogP contribution in [0.15, 0.2) is 48.7 Å². The van der Waals surface area contributed by atoms with E-state index < -0.39 is 0 Å². The van der Waals surface area contributed by atoms with Crippen LogP contribution in [0.1, 0.15) is 5.69 Å². The van der Waals surface area contributed by atoms with Gasteiger partial charge in [-0.25, -0.2) is 14.4 Å². The molecule has 0 aliphatic rings. The van der Waals surface area contributed by atoms with Gasteiger partial charge in [-0.1, -0.05) is 11.6 Å². The summed E-state index contributed by atoms with van der Waals surface area (Å²) in [6, 6.07) is 11.8. The molecule has 3 heterocycles. The Morgan fingerprint density at radius 3 is 2.62 bits per heavy atom. The lowest BCUT2D eigenvalue weighted by atomic mass is 10.2. The second kappa shape index (κ2) is 6.27. The van der Waals surface area contributed by atoms with Gasteiger partial charge in [0.1, 0.15) is 17.3 Å². The van der Waals surface area contributed by atoms with Crippen molar-refractivity contribution in [1.29, 1.82) is 0 Å². The smallest absolute Gasteiger partial charge is 0.229 e. The first kappa shape index (κ1) is 16.3. The summed E-state index contributed by atoms with van der Waals surface area (Å²) in [5, 5.41) is 3.72. The molecule has 4 aromatic rings. The Labute approximate surface area is 153 Å². The van der Waals surface area contributed by atoms with Crippen molar-refractivity contribution in [2.75, 3.05) is 11.1 Å². The normalized spacial score (nSPS) is 11.0. The van der Waals surface area contributed by atoms with Gasteiger partial charge in [-0.2, -0.15) is 4.98 Å². The minimum Gasteiger partial charge on any atom is -0.384 e. The highest BCUT2D eigenvalue weighted by atomic mass is 35.5. The number of nitrogens with one attached hydrogen (secondary N) is 1. The van der Waals surface area contributed by atoms with Gasteiger partial charge in [0.2, 0.25) is 5.95 Å². The van der Waals surface area contributed by atoms with Crippen molar-refractivity contribution in [2.24, 2.45) is 0 Å². The lowest BCUT2D eigenvalue weighted by Crippen LogP contribution is -2.03. The number of benzene rings is 1. The number of rotatable bonds is 3. The molecule has 8 heteroatoms. The van der Waals surface area contributed by atoms with Gasteiger partial charge in [-0.05, 0) is 43.3 Å². The van der Waals surface area contributed by atoms with Gasteiger partial charge in [-0.15, -0.1) is 0 Å². The molecule has 0 bridgehead atoms. The van der Waals surface area contributed by atoms with Crippen LogP contribution >= 0.6 is 11.6 Å². The maximum Gasteiger partial charge on any atom is 0.229 e. The zero-order chi connectivity index (χ0) is 18.3. The Balaban J connectivity index is 1.80.